The molecule has 0 aromatic carbocycles. The first-order valence-corrected chi connectivity index (χ1v) is 6.23. The van der Waals surface area contributed by atoms with Crippen LogP contribution in [0.15, 0.2) is 36.7 Å². The van der Waals surface area contributed by atoms with Crippen LogP contribution in [0, 0.1) is 0 Å². The molecule has 0 aliphatic carbocycles. The maximum atomic E-state index is 12.1. The molecule has 2 aromatic rings. The van der Waals surface area contributed by atoms with Gasteiger partial charge in [0.2, 0.25) is 5.88 Å². The average molecular weight is 314 g/mol. The minimum absolute atomic E-state index is 0.0601. The molecule has 1 N–H and O–H groups in total. The number of ether oxygens (including phenoxy) is 1. The van der Waals surface area contributed by atoms with Gasteiger partial charge in [-0.15, -0.1) is 0 Å². The largest absolute Gasteiger partial charge is 0.472 e. The van der Waals surface area contributed by atoms with Crippen molar-refractivity contribution >= 4 is 23.3 Å². The molecule has 0 atom stereocenters. The lowest BCUT2D eigenvalue weighted by atomic mass is 10.2. The molecule has 0 saturated heterocycles. The van der Waals surface area contributed by atoms with Gasteiger partial charge in [-0.3, -0.25) is 4.79 Å². The zero-order chi connectivity index (χ0) is 15.2. The minimum atomic E-state index is -2.61. The Labute approximate surface area is 123 Å². The lowest BCUT2D eigenvalue weighted by Crippen LogP contribution is -2.14. The SMILES string of the molecule is O=C(Nc1ncccc1Cl)c1ccnc(OCC(F)F)c1. The molecule has 1 amide bonds. The Morgan fingerprint density at radius 2 is 2.14 bits per heavy atom. The number of rotatable bonds is 5. The van der Waals surface area contributed by atoms with Crippen molar-refractivity contribution in [3.8, 4) is 5.88 Å². The molecule has 21 heavy (non-hydrogen) atoms. The topological polar surface area (TPSA) is 64.1 Å². The van der Waals surface area contributed by atoms with Gasteiger partial charge in [-0.05, 0) is 18.2 Å². The fourth-order valence-corrected chi connectivity index (χ4v) is 1.60. The third-order valence-corrected chi connectivity index (χ3v) is 2.65. The van der Waals surface area contributed by atoms with Crippen LogP contribution in [0.2, 0.25) is 5.02 Å². The molecular formula is C13H10ClF2N3O2. The summed E-state index contributed by atoms with van der Waals surface area (Å²) in [7, 11) is 0. The zero-order valence-corrected chi connectivity index (χ0v) is 11.3. The van der Waals surface area contributed by atoms with Crippen molar-refractivity contribution in [1.82, 2.24) is 9.97 Å². The van der Waals surface area contributed by atoms with E-state index in [1.54, 1.807) is 12.1 Å². The Kier molecular flexibility index (Phi) is 4.99. The number of carbonyl (C=O) groups is 1. The van der Waals surface area contributed by atoms with Gasteiger partial charge in [0.15, 0.2) is 12.4 Å². The summed E-state index contributed by atoms with van der Waals surface area (Å²) < 4.78 is 28.9. The maximum absolute atomic E-state index is 12.1. The van der Waals surface area contributed by atoms with Gasteiger partial charge in [0.05, 0.1) is 5.02 Å². The summed E-state index contributed by atoms with van der Waals surface area (Å²) in [4.78, 5) is 19.7. The Morgan fingerprint density at radius 3 is 2.86 bits per heavy atom. The third-order valence-electron chi connectivity index (χ3n) is 2.34. The van der Waals surface area contributed by atoms with Crippen LogP contribution in [0.5, 0.6) is 5.88 Å². The smallest absolute Gasteiger partial charge is 0.272 e. The molecule has 2 rings (SSSR count). The molecule has 2 heterocycles. The predicted octanol–water partition coefficient (Wildman–Crippen LogP) is 3.03. The van der Waals surface area contributed by atoms with Crippen LogP contribution in [0.25, 0.3) is 0 Å². The normalized spacial score (nSPS) is 10.5. The van der Waals surface area contributed by atoms with E-state index in [1.807, 2.05) is 0 Å². The molecule has 8 heteroatoms. The number of anilines is 1. The highest BCUT2D eigenvalue weighted by atomic mass is 35.5. The van der Waals surface area contributed by atoms with Crippen LogP contribution < -0.4 is 10.1 Å². The number of nitrogens with one attached hydrogen (secondary N) is 1. The van der Waals surface area contributed by atoms with Crippen molar-refractivity contribution in [3.05, 3.63) is 47.2 Å². The summed E-state index contributed by atoms with van der Waals surface area (Å²) in [5.41, 5.74) is 0.191. The van der Waals surface area contributed by atoms with Gasteiger partial charge in [0.1, 0.15) is 0 Å². The lowest BCUT2D eigenvalue weighted by molar-refractivity contribution is 0.0795. The molecule has 0 fully saturated rings. The van der Waals surface area contributed by atoms with Crippen molar-refractivity contribution in [1.29, 1.82) is 0 Å². The molecule has 0 unspecified atom stereocenters. The van der Waals surface area contributed by atoms with E-state index in [0.717, 1.165) is 0 Å². The van der Waals surface area contributed by atoms with E-state index in [9.17, 15) is 13.6 Å². The van der Waals surface area contributed by atoms with Gasteiger partial charge in [0.25, 0.3) is 12.3 Å². The third kappa shape index (κ3) is 4.35. The van der Waals surface area contributed by atoms with Crippen molar-refractivity contribution < 1.29 is 18.3 Å². The van der Waals surface area contributed by atoms with Crippen LogP contribution in [0.4, 0.5) is 14.6 Å². The lowest BCUT2D eigenvalue weighted by Gasteiger charge is -2.08. The van der Waals surface area contributed by atoms with Gasteiger partial charge in [0, 0.05) is 24.0 Å². The van der Waals surface area contributed by atoms with E-state index < -0.39 is 18.9 Å². The zero-order valence-electron chi connectivity index (χ0n) is 10.6. The quantitative estimate of drug-likeness (QED) is 0.921. The van der Waals surface area contributed by atoms with Crippen molar-refractivity contribution in [3.63, 3.8) is 0 Å². The first-order chi connectivity index (χ1) is 10.1. The second-order valence-electron chi connectivity index (χ2n) is 3.87. The number of amides is 1. The number of aromatic nitrogens is 2. The van der Waals surface area contributed by atoms with Crippen LogP contribution in [0.1, 0.15) is 10.4 Å². The highest BCUT2D eigenvalue weighted by molar-refractivity contribution is 6.33. The van der Waals surface area contributed by atoms with Crippen molar-refractivity contribution in [2.24, 2.45) is 0 Å². The van der Waals surface area contributed by atoms with E-state index in [1.165, 1.54) is 24.5 Å². The summed E-state index contributed by atoms with van der Waals surface area (Å²) >= 11 is 5.87. The molecule has 0 radical (unpaired) electrons. The fraction of sp³-hybridized carbons (Fsp3) is 0.154. The summed E-state index contributed by atoms with van der Waals surface area (Å²) in [5, 5.41) is 2.79. The van der Waals surface area contributed by atoms with Crippen molar-refractivity contribution in [2.75, 3.05) is 11.9 Å². The van der Waals surface area contributed by atoms with Gasteiger partial charge >= 0.3 is 0 Å². The standard InChI is InChI=1S/C13H10ClF2N3O2/c14-9-2-1-4-18-12(9)19-13(20)8-3-5-17-11(6-8)21-7-10(15)16/h1-6,10H,7H2,(H,18,19,20). The molecule has 2 aromatic heterocycles. The van der Waals surface area contributed by atoms with E-state index in [2.05, 4.69) is 15.3 Å². The second-order valence-corrected chi connectivity index (χ2v) is 4.28. The highest BCUT2D eigenvalue weighted by Crippen LogP contribution is 2.19. The fourth-order valence-electron chi connectivity index (χ4n) is 1.44. The number of alkyl halides is 2. The van der Waals surface area contributed by atoms with Crippen LogP contribution in [-0.2, 0) is 0 Å². The molecule has 0 aliphatic rings. The van der Waals surface area contributed by atoms with E-state index in [4.69, 9.17) is 16.3 Å². The minimum Gasteiger partial charge on any atom is -0.472 e. The number of hydrogen-bond donors (Lipinski definition) is 1. The molecule has 0 aliphatic heterocycles. The Balaban J connectivity index is 2.09. The van der Waals surface area contributed by atoms with E-state index >= 15 is 0 Å². The Bertz CT molecular complexity index is 640. The summed E-state index contributed by atoms with van der Waals surface area (Å²) in [6.45, 7) is -0.788. The van der Waals surface area contributed by atoms with E-state index in [0.29, 0.717) is 0 Å². The number of halogens is 3. The Morgan fingerprint density at radius 1 is 1.33 bits per heavy atom. The highest BCUT2D eigenvalue weighted by Gasteiger charge is 2.11. The van der Waals surface area contributed by atoms with Crippen LogP contribution in [-0.4, -0.2) is 28.9 Å². The average Bonchev–Trinajstić information content (AvgIpc) is 2.48. The molecule has 0 spiro atoms. The maximum Gasteiger partial charge on any atom is 0.272 e. The number of nitrogens with zero attached hydrogens (tertiary/aromatic N) is 2. The van der Waals surface area contributed by atoms with E-state index in [-0.39, 0.29) is 22.3 Å². The van der Waals surface area contributed by atoms with Crippen molar-refractivity contribution in [2.45, 2.75) is 6.43 Å². The van der Waals surface area contributed by atoms with Crippen LogP contribution >= 0.6 is 11.6 Å². The molecular weight excluding hydrogens is 304 g/mol. The number of hydrogen-bond acceptors (Lipinski definition) is 4. The van der Waals surface area contributed by atoms with Gasteiger partial charge < -0.3 is 10.1 Å². The number of pyridine rings is 2. The molecule has 0 bridgehead atoms. The second kappa shape index (κ2) is 6.94. The van der Waals surface area contributed by atoms with Gasteiger partial charge in [-0.2, -0.15) is 0 Å². The molecule has 0 saturated carbocycles. The molecule has 110 valence electrons. The monoisotopic (exact) mass is 313 g/mol. The van der Waals surface area contributed by atoms with Gasteiger partial charge in [-0.25, -0.2) is 18.7 Å². The number of carbonyl (C=O) groups excluding carboxylic acids is 1. The van der Waals surface area contributed by atoms with Crippen LogP contribution in [0.3, 0.4) is 0 Å². The summed E-state index contributed by atoms with van der Waals surface area (Å²) in [6.07, 6.45) is 0.151. The first-order valence-electron chi connectivity index (χ1n) is 5.85. The predicted molar refractivity (Wildman–Crippen MR) is 72.9 cm³/mol. The molecule has 5 nitrogen and oxygen atoms in total. The Hall–Kier alpha value is -2.28. The summed E-state index contributed by atoms with van der Waals surface area (Å²) in [5.74, 6) is -0.356. The summed E-state index contributed by atoms with van der Waals surface area (Å²) in [6, 6.07) is 5.88. The van der Waals surface area contributed by atoms with Gasteiger partial charge in [-0.1, -0.05) is 11.6 Å². The first kappa shape index (κ1) is 15.1.